The highest BCUT2D eigenvalue weighted by molar-refractivity contribution is 6.30. The number of halogens is 1. The second kappa shape index (κ2) is 7.77. The molecule has 2 aromatic heterocycles. The summed E-state index contributed by atoms with van der Waals surface area (Å²) in [5.74, 6) is -0.698. The molecule has 142 valence electrons. The summed E-state index contributed by atoms with van der Waals surface area (Å²) < 4.78 is 11.3. The van der Waals surface area contributed by atoms with Gasteiger partial charge in [0.05, 0.1) is 23.8 Å². The Labute approximate surface area is 158 Å². The summed E-state index contributed by atoms with van der Waals surface area (Å²) in [7, 11) is 1.48. The van der Waals surface area contributed by atoms with Crippen molar-refractivity contribution in [3.63, 3.8) is 0 Å². The molecule has 10 heteroatoms. The molecule has 2 N–H and O–H groups in total. The summed E-state index contributed by atoms with van der Waals surface area (Å²) in [5.41, 5.74) is 0.171. The Hall–Kier alpha value is -2.91. The van der Waals surface area contributed by atoms with E-state index in [1.54, 1.807) is 25.1 Å². The van der Waals surface area contributed by atoms with Gasteiger partial charge in [-0.1, -0.05) is 17.7 Å². The number of fused-ring (bicyclic) bond motifs is 1. The monoisotopic (exact) mass is 392 g/mol. The minimum atomic E-state index is -1.10. The summed E-state index contributed by atoms with van der Waals surface area (Å²) in [6.07, 6.45) is 1.53. The zero-order valence-corrected chi connectivity index (χ0v) is 15.4. The molecule has 1 aliphatic heterocycles. The summed E-state index contributed by atoms with van der Waals surface area (Å²) in [4.78, 5) is 41.7. The van der Waals surface area contributed by atoms with Gasteiger partial charge in [-0.2, -0.15) is 0 Å². The van der Waals surface area contributed by atoms with Crippen molar-refractivity contribution in [3.05, 3.63) is 56.7 Å². The van der Waals surface area contributed by atoms with E-state index in [1.807, 2.05) is 0 Å². The molecule has 1 aliphatic rings. The molecule has 3 heterocycles. The number of nitrogens with zero attached hydrogens (tertiary/aromatic N) is 2. The average molecular weight is 393 g/mol. The van der Waals surface area contributed by atoms with Gasteiger partial charge in [-0.15, -0.1) is 0 Å². The fourth-order valence-electron chi connectivity index (χ4n) is 2.79. The highest BCUT2D eigenvalue weighted by atomic mass is 35.5. The maximum atomic E-state index is 13.0. The van der Waals surface area contributed by atoms with E-state index in [4.69, 9.17) is 21.1 Å². The smallest absolute Gasteiger partial charge is 0.338 e. The average Bonchev–Trinajstić information content (AvgIpc) is 2.61. The van der Waals surface area contributed by atoms with Crippen LogP contribution in [0.2, 0.25) is 5.15 Å². The maximum absolute atomic E-state index is 13.0. The summed E-state index contributed by atoms with van der Waals surface area (Å²) in [5, 5.41) is 4.95. The van der Waals surface area contributed by atoms with Gasteiger partial charge in [-0.25, -0.2) is 14.6 Å². The first-order chi connectivity index (χ1) is 12.9. The Morgan fingerprint density at radius 1 is 1.33 bits per heavy atom. The van der Waals surface area contributed by atoms with E-state index in [0.29, 0.717) is 5.65 Å². The van der Waals surface area contributed by atoms with Crippen molar-refractivity contribution in [1.29, 1.82) is 0 Å². The largest absolute Gasteiger partial charge is 0.460 e. The number of rotatable bonds is 5. The van der Waals surface area contributed by atoms with Crippen molar-refractivity contribution in [2.45, 2.75) is 13.0 Å². The van der Waals surface area contributed by atoms with Gasteiger partial charge in [0, 0.05) is 19.0 Å². The van der Waals surface area contributed by atoms with Crippen molar-refractivity contribution in [2.24, 2.45) is 0 Å². The topological polar surface area (TPSA) is 111 Å². The summed E-state index contributed by atoms with van der Waals surface area (Å²) in [6, 6.07) is 3.33. The van der Waals surface area contributed by atoms with Crippen LogP contribution in [0.25, 0.3) is 5.65 Å². The van der Waals surface area contributed by atoms with Gasteiger partial charge < -0.3 is 20.1 Å². The maximum Gasteiger partial charge on any atom is 0.338 e. The van der Waals surface area contributed by atoms with Crippen molar-refractivity contribution in [1.82, 2.24) is 20.0 Å². The van der Waals surface area contributed by atoms with E-state index in [9.17, 15) is 14.4 Å². The van der Waals surface area contributed by atoms with Gasteiger partial charge in [0.1, 0.15) is 17.4 Å². The molecule has 0 bridgehead atoms. The zero-order chi connectivity index (χ0) is 19.6. The van der Waals surface area contributed by atoms with E-state index in [-0.39, 0.29) is 35.2 Å². The third-order valence-corrected chi connectivity index (χ3v) is 4.31. The lowest BCUT2D eigenvalue weighted by atomic mass is 9.97. The van der Waals surface area contributed by atoms with Crippen molar-refractivity contribution < 1.29 is 19.1 Å². The Morgan fingerprint density at radius 3 is 2.85 bits per heavy atom. The lowest BCUT2D eigenvalue weighted by molar-refractivity contribution is -0.140. The van der Waals surface area contributed by atoms with E-state index < -0.39 is 23.6 Å². The molecule has 0 radical (unpaired) electrons. The minimum absolute atomic E-state index is 0.0201. The van der Waals surface area contributed by atoms with Crippen molar-refractivity contribution in [2.75, 3.05) is 20.3 Å². The lowest BCUT2D eigenvalue weighted by Crippen LogP contribution is -2.47. The van der Waals surface area contributed by atoms with Crippen LogP contribution in [0, 0.1) is 0 Å². The Morgan fingerprint density at radius 2 is 2.11 bits per heavy atom. The van der Waals surface area contributed by atoms with Crippen LogP contribution < -0.4 is 16.2 Å². The van der Waals surface area contributed by atoms with Crippen LogP contribution >= 0.6 is 11.6 Å². The molecule has 1 atom stereocenters. The third kappa shape index (κ3) is 3.64. The van der Waals surface area contributed by atoms with E-state index >= 15 is 0 Å². The number of hydrogen-bond acceptors (Lipinski definition) is 6. The number of methoxy groups -OCH3 is 1. The number of aromatic nitrogens is 2. The Bertz CT molecular complexity index is 1000. The summed E-state index contributed by atoms with van der Waals surface area (Å²) >= 11 is 6.24. The molecule has 0 saturated heterocycles. The predicted octanol–water partition coefficient (Wildman–Crippen LogP) is 1.17. The van der Waals surface area contributed by atoms with Gasteiger partial charge in [0.15, 0.2) is 0 Å². The number of ether oxygens (including phenoxy) is 2. The molecule has 0 fully saturated rings. The van der Waals surface area contributed by atoms with E-state index in [1.165, 1.54) is 17.7 Å². The molecule has 27 heavy (non-hydrogen) atoms. The Kier molecular flexibility index (Phi) is 5.43. The highest BCUT2D eigenvalue weighted by Gasteiger charge is 2.36. The van der Waals surface area contributed by atoms with Gasteiger partial charge in [-0.05, 0) is 19.1 Å². The van der Waals surface area contributed by atoms with Crippen molar-refractivity contribution >= 4 is 29.2 Å². The lowest BCUT2D eigenvalue weighted by Gasteiger charge is -2.28. The van der Waals surface area contributed by atoms with Gasteiger partial charge >= 0.3 is 12.0 Å². The molecule has 2 amide bonds. The molecule has 0 unspecified atom stereocenters. The number of hydrogen-bond donors (Lipinski definition) is 2. The molecule has 9 nitrogen and oxygen atoms in total. The normalized spacial score (nSPS) is 16.9. The quantitative estimate of drug-likeness (QED) is 0.449. The molecular weight excluding hydrogens is 376 g/mol. The fraction of sp³-hybridized carbons (Fsp3) is 0.294. The van der Waals surface area contributed by atoms with Crippen LogP contribution in [0.1, 0.15) is 18.5 Å². The molecule has 2 aromatic rings. The molecule has 0 saturated carbocycles. The fourth-order valence-corrected chi connectivity index (χ4v) is 3.07. The van der Waals surface area contributed by atoms with Gasteiger partial charge in [0.2, 0.25) is 0 Å². The standard InChI is InChI=1S/C17H17ClN4O5/c1-9-11(16(24)27-8-7-26-2)13(21-17(25)19-9)12-14(18)20-10-5-3-4-6-22(10)15(12)23/h3-6,13H,7-8H2,1-2H3,(H2,19,21,25)/t13-/m1/s1. The zero-order valence-electron chi connectivity index (χ0n) is 14.6. The number of esters is 1. The van der Waals surface area contributed by atoms with Crippen LogP contribution in [0.3, 0.4) is 0 Å². The van der Waals surface area contributed by atoms with Crippen LogP contribution in [-0.2, 0) is 14.3 Å². The molecule has 3 rings (SSSR count). The SMILES string of the molecule is COCCOC(=O)C1=C(C)NC(=O)N[C@H]1c1c(Cl)nc2ccccn2c1=O. The first-order valence-electron chi connectivity index (χ1n) is 8.05. The van der Waals surface area contributed by atoms with Gasteiger partial charge in [-0.3, -0.25) is 9.20 Å². The number of nitrogens with one attached hydrogen (secondary N) is 2. The molecule has 0 aromatic carbocycles. The van der Waals surface area contributed by atoms with E-state index in [2.05, 4.69) is 15.6 Å². The number of amides is 2. The molecule has 0 aliphatic carbocycles. The van der Waals surface area contributed by atoms with E-state index in [0.717, 1.165) is 0 Å². The predicted molar refractivity (Wildman–Crippen MR) is 96.4 cm³/mol. The summed E-state index contributed by atoms with van der Waals surface area (Å²) in [6.45, 7) is 1.78. The number of allylic oxidation sites excluding steroid dienone is 1. The number of carbonyl (C=O) groups excluding carboxylic acids is 2. The molecular formula is C17H17ClN4O5. The van der Waals surface area contributed by atoms with Crippen LogP contribution in [-0.4, -0.2) is 41.7 Å². The second-order valence-corrected chi connectivity index (χ2v) is 6.11. The number of carbonyl (C=O) groups is 2. The minimum Gasteiger partial charge on any atom is -0.460 e. The third-order valence-electron chi connectivity index (χ3n) is 4.02. The molecule has 0 spiro atoms. The first kappa shape index (κ1) is 18.9. The van der Waals surface area contributed by atoms with Crippen LogP contribution in [0.15, 0.2) is 40.5 Å². The number of urea groups is 1. The van der Waals surface area contributed by atoms with Gasteiger partial charge in [0.25, 0.3) is 5.56 Å². The Balaban J connectivity index is 2.11. The first-order valence-corrected chi connectivity index (χ1v) is 8.43. The van der Waals surface area contributed by atoms with Crippen molar-refractivity contribution in [3.8, 4) is 0 Å². The second-order valence-electron chi connectivity index (χ2n) is 5.75. The highest BCUT2D eigenvalue weighted by Crippen LogP contribution is 2.29. The van der Waals surface area contributed by atoms with Crippen LogP contribution in [0.5, 0.6) is 0 Å². The van der Waals surface area contributed by atoms with Crippen LogP contribution in [0.4, 0.5) is 4.79 Å². The number of pyridine rings is 1.